The van der Waals surface area contributed by atoms with Crippen molar-refractivity contribution in [2.75, 3.05) is 25.0 Å². The third-order valence-electron chi connectivity index (χ3n) is 8.79. The third-order valence-corrected chi connectivity index (χ3v) is 8.79. The molecule has 12 nitrogen and oxygen atoms in total. The molecule has 1 saturated heterocycles. The van der Waals surface area contributed by atoms with Crippen LogP contribution in [0.5, 0.6) is 5.75 Å². The fourth-order valence-electron chi connectivity index (χ4n) is 6.70. The number of fused-ring (bicyclic) bond motifs is 3. The Morgan fingerprint density at radius 2 is 1.73 bits per heavy atom. The summed E-state index contributed by atoms with van der Waals surface area (Å²) in [5.74, 6) is -10.2. The predicted molar refractivity (Wildman–Crippen MR) is 142 cm³/mol. The van der Waals surface area contributed by atoms with Gasteiger partial charge in [-0.1, -0.05) is 19.3 Å². The highest BCUT2D eigenvalue weighted by Crippen LogP contribution is 2.52. The van der Waals surface area contributed by atoms with Crippen LogP contribution in [0.3, 0.4) is 0 Å². The highest BCUT2D eigenvalue weighted by Gasteiger charge is 2.62. The summed E-state index contributed by atoms with van der Waals surface area (Å²) in [6.07, 6.45) is 4.70. The van der Waals surface area contributed by atoms with Crippen LogP contribution < -0.4 is 16.8 Å². The van der Waals surface area contributed by atoms with E-state index in [0.29, 0.717) is 0 Å². The van der Waals surface area contributed by atoms with Crippen LogP contribution in [-0.4, -0.2) is 80.0 Å². The van der Waals surface area contributed by atoms with Crippen LogP contribution in [0.15, 0.2) is 28.7 Å². The summed E-state index contributed by atoms with van der Waals surface area (Å²) in [6.45, 7) is 1.46. The van der Waals surface area contributed by atoms with Crippen LogP contribution in [0, 0.1) is 17.7 Å². The number of nitrogens with two attached hydrogens (primary N) is 2. The van der Waals surface area contributed by atoms with Crippen LogP contribution >= 0.6 is 0 Å². The molecule has 4 aliphatic rings. The van der Waals surface area contributed by atoms with Gasteiger partial charge in [-0.3, -0.25) is 24.1 Å². The molecule has 220 valence electrons. The van der Waals surface area contributed by atoms with Gasteiger partial charge in [-0.2, -0.15) is 0 Å². The highest BCUT2D eigenvalue weighted by molar-refractivity contribution is 6.25. The average molecular weight is 573 g/mol. The number of hydrogen-bond donors (Lipinski definition) is 7. The number of allylic oxidation sites excluding steroid dienone is 1. The molecule has 0 saturated carbocycles. The monoisotopic (exact) mass is 572 g/mol. The number of likely N-dealkylation sites (tertiary alicyclic amines) is 1. The molecule has 0 bridgehead atoms. The van der Waals surface area contributed by atoms with E-state index < -0.39 is 86.7 Å². The zero-order chi connectivity index (χ0) is 29.8. The van der Waals surface area contributed by atoms with Crippen molar-refractivity contribution >= 4 is 29.1 Å². The maximum absolute atomic E-state index is 15.4. The van der Waals surface area contributed by atoms with E-state index in [1.54, 1.807) is 0 Å². The van der Waals surface area contributed by atoms with Crippen molar-refractivity contribution in [3.8, 4) is 5.75 Å². The number of aliphatic hydroxyl groups is 3. The summed E-state index contributed by atoms with van der Waals surface area (Å²) in [5, 5.41) is 46.4. The van der Waals surface area contributed by atoms with E-state index in [-0.39, 0.29) is 30.6 Å². The van der Waals surface area contributed by atoms with Crippen LogP contribution in [0.25, 0.3) is 0 Å². The van der Waals surface area contributed by atoms with Crippen LogP contribution in [-0.2, 0) is 20.8 Å². The molecule has 1 aromatic rings. The number of aromatic hydroxyl groups is 1. The fourth-order valence-corrected chi connectivity index (χ4v) is 6.70. The Morgan fingerprint density at radius 3 is 2.37 bits per heavy atom. The Balaban J connectivity index is 1.49. The number of anilines is 1. The van der Waals surface area contributed by atoms with Gasteiger partial charge >= 0.3 is 0 Å². The van der Waals surface area contributed by atoms with E-state index in [9.17, 15) is 39.6 Å². The number of phenols is 1. The summed E-state index contributed by atoms with van der Waals surface area (Å²) in [7, 11) is 0. The number of halogens is 1. The molecular formula is C28H33FN4O8. The van der Waals surface area contributed by atoms with E-state index in [0.717, 1.165) is 51.3 Å². The second-order valence-corrected chi connectivity index (χ2v) is 11.3. The number of Topliss-reactive ketones (excluding diaryl/α,β-unsaturated/α-hetero) is 2. The number of rotatable bonds is 4. The summed E-state index contributed by atoms with van der Waals surface area (Å²) in [5.41, 5.74) is 5.88. The molecular weight excluding hydrogens is 539 g/mol. The minimum Gasteiger partial charge on any atom is -0.510 e. The molecule has 1 aromatic carbocycles. The molecule has 1 aliphatic heterocycles. The molecule has 9 N–H and O–H groups in total. The maximum atomic E-state index is 15.4. The van der Waals surface area contributed by atoms with Crippen molar-refractivity contribution < 1.29 is 44.0 Å². The zero-order valence-electron chi connectivity index (χ0n) is 22.3. The van der Waals surface area contributed by atoms with Gasteiger partial charge in [0.1, 0.15) is 22.9 Å². The summed E-state index contributed by atoms with van der Waals surface area (Å²) in [4.78, 5) is 53.4. The van der Waals surface area contributed by atoms with Gasteiger partial charge in [0.2, 0.25) is 11.7 Å². The van der Waals surface area contributed by atoms with Gasteiger partial charge < -0.3 is 37.2 Å². The number of primary amides is 1. The molecule has 1 heterocycles. The Labute approximate surface area is 234 Å². The number of aliphatic hydroxyl groups excluding tert-OH is 2. The smallest absolute Gasteiger partial charge is 0.255 e. The first-order valence-electron chi connectivity index (χ1n) is 13.7. The van der Waals surface area contributed by atoms with E-state index in [1.807, 2.05) is 4.90 Å². The van der Waals surface area contributed by atoms with Gasteiger partial charge in [-0.15, -0.1) is 0 Å². The largest absolute Gasteiger partial charge is 0.510 e. The SMILES string of the molecule is NC(=O)C1=C(O)[C@H](N)[C@@H]2C[C@@H]3Cc4c(F)cc(NC(=O)CN5CCCCCCC5)c(O)c4C(=O)C3=C(O)[C@]2(O)C1=O. The molecule has 13 heteroatoms. The maximum Gasteiger partial charge on any atom is 0.255 e. The fraction of sp³-hybridized carbons (Fsp3) is 0.500. The van der Waals surface area contributed by atoms with Gasteiger partial charge in [0, 0.05) is 23.1 Å². The van der Waals surface area contributed by atoms with Crippen molar-refractivity contribution in [3.05, 3.63) is 45.7 Å². The van der Waals surface area contributed by atoms with Gasteiger partial charge in [0.15, 0.2) is 17.1 Å². The molecule has 0 spiro atoms. The number of carbonyl (C=O) groups excluding carboxylic acids is 4. The molecule has 41 heavy (non-hydrogen) atoms. The normalized spacial score (nSPS) is 28.8. The number of hydrogen-bond acceptors (Lipinski definition) is 10. The second-order valence-electron chi connectivity index (χ2n) is 11.3. The summed E-state index contributed by atoms with van der Waals surface area (Å²) >= 11 is 0. The lowest BCUT2D eigenvalue weighted by atomic mass is 9.59. The van der Waals surface area contributed by atoms with Gasteiger partial charge in [-0.25, -0.2) is 4.39 Å². The van der Waals surface area contributed by atoms with Crippen LogP contribution in [0.4, 0.5) is 10.1 Å². The van der Waals surface area contributed by atoms with Gasteiger partial charge in [-0.05, 0) is 44.7 Å². The number of amides is 2. The number of carbonyl (C=O) groups is 4. The molecule has 3 aliphatic carbocycles. The molecule has 0 aromatic heterocycles. The molecule has 0 radical (unpaired) electrons. The van der Waals surface area contributed by atoms with Crippen molar-refractivity contribution in [2.45, 2.75) is 56.6 Å². The van der Waals surface area contributed by atoms with E-state index in [1.165, 1.54) is 0 Å². The van der Waals surface area contributed by atoms with Crippen molar-refractivity contribution in [1.29, 1.82) is 0 Å². The van der Waals surface area contributed by atoms with E-state index >= 15 is 4.39 Å². The van der Waals surface area contributed by atoms with Gasteiger partial charge in [0.05, 0.1) is 23.8 Å². The first-order chi connectivity index (χ1) is 19.4. The number of nitrogens with zero attached hydrogens (tertiary/aromatic N) is 1. The van der Waals surface area contributed by atoms with E-state index in [2.05, 4.69) is 5.32 Å². The first kappa shape index (κ1) is 28.7. The average Bonchev–Trinajstić information content (AvgIpc) is 2.89. The molecule has 5 rings (SSSR count). The van der Waals surface area contributed by atoms with Crippen LogP contribution in [0.1, 0.15) is 54.4 Å². The molecule has 4 atom stereocenters. The quantitative estimate of drug-likeness (QED) is 0.199. The number of benzene rings is 1. The summed E-state index contributed by atoms with van der Waals surface area (Å²) in [6, 6.07) is -0.575. The van der Waals surface area contributed by atoms with E-state index in [4.69, 9.17) is 11.5 Å². The molecule has 0 unspecified atom stereocenters. The third kappa shape index (κ3) is 4.57. The lowest BCUT2D eigenvalue weighted by Crippen LogP contribution is -2.63. The Kier molecular flexibility index (Phi) is 7.38. The van der Waals surface area contributed by atoms with Crippen molar-refractivity contribution in [2.24, 2.45) is 23.3 Å². The molecule has 2 amide bonds. The minimum absolute atomic E-state index is 0.0133. The standard InChI is InChI=1S/C28H33FN4O8/c29-15-10-16(32-17(34)11-33-6-4-2-1-3-5-7-33)22(35)19-13(15)8-12-9-14-21(30)24(37)20(27(31)40)26(39)28(14,41)25(38)18(12)23(19)36/h10,12,14,21,35,37-38,41H,1-9,11,30H2,(H2,31,40)(H,32,34)/t12-,14-,21+,28-/m0/s1. The predicted octanol–water partition coefficient (Wildman–Crippen LogP) is 0.861. The topological polar surface area (TPSA) is 217 Å². The number of nitrogens with one attached hydrogen (secondary N) is 1. The molecule has 1 fully saturated rings. The lowest BCUT2D eigenvalue weighted by Gasteiger charge is -2.47. The number of phenolic OH excluding ortho intramolecular Hbond substituents is 1. The van der Waals surface area contributed by atoms with Crippen molar-refractivity contribution in [3.63, 3.8) is 0 Å². The van der Waals surface area contributed by atoms with Crippen LogP contribution in [0.2, 0.25) is 0 Å². The Hall–Kier alpha value is -3.81. The zero-order valence-corrected chi connectivity index (χ0v) is 22.3. The van der Waals surface area contributed by atoms with Gasteiger partial charge in [0.25, 0.3) is 5.91 Å². The van der Waals surface area contributed by atoms with Crippen molar-refractivity contribution in [1.82, 2.24) is 4.90 Å². The second kappa shape index (κ2) is 10.5. The Morgan fingerprint density at radius 1 is 1.10 bits per heavy atom. The lowest BCUT2D eigenvalue weighted by molar-refractivity contribution is -0.145. The highest BCUT2D eigenvalue weighted by atomic mass is 19.1. The Bertz CT molecular complexity index is 1410. The first-order valence-corrected chi connectivity index (χ1v) is 13.7. The summed E-state index contributed by atoms with van der Waals surface area (Å²) < 4.78 is 15.4. The number of ketones is 2. The minimum atomic E-state index is -2.86.